The van der Waals surface area contributed by atoms with Gasteiger partial charge in [-0.25, -0.2) is 8.42 Å². The summed E-state index contributed by atoms with van der Waals surface area (Å²) in [5.74, 6) is 0.946. The monoisotopic (exact) mass is 556 g/mol. The summed E-state index contributed by atoms with van der Waals surface area (Å²) in [5, 5.41) is 4.02. The minimum absolute atomic E-state index is 0.0313. The highest BCUT2D eigenvalue weighted by Crippen LogP contribution is 2.27. The Morgan fingerprint density at radius 2 is 1.62 bits per heavy atom. The lowest BCUT2D eigenvalue weighted by Gasteiger charge is -2.12. The molecule has 0 saturated carbocycles. The lowest BCUT2D eigenvalue weighted by Crippen LogP contribution is -2.26. The number of hydrogen-bond donors (Lipinski definition) is 2. The number of thioether (sulfide) groups is 1. The molecule has 180 valence electrons. The molecule has 0 spiro atoms. The Kier molecular flexibility index (Phi) is 9.18. The van der Waals surface area contributed by atoms with E-state index in [2.05, 4.69) is 10.0 Å². The second-order valence-corrected chi connectivity index (χ2v) is 11.7. The van der Waals surface area contributed by atoms with Crippen molar-refractivity contribution >= 4 is 68.2 Å². The highest BCUT2D eigenvalue weighted by atomic mass is 35.5. The van der Waals surface area contributed by atoms with E-state index in [0.29, 0.717) is 33.8 Å². The van der Waals surface area contributed by atoms with Gasteiger partial charge in [0.1, 0.15) is 4.90 Å². The molecule has 3 aromatic rings. The largest absolute Gasteiger partial charge is 0.351 e. The van der Waals surface area contributed by atoms with E-state index in [0.717, 1.165) is 16.7 Å². The van der Waals surface area contributed by atoms with Gasteiger partial charge in [0, 0.05) is 39.3 Å². The highest BCUT2D eigenvalue weighted by Gasteiger charge is 2.20. The number of sulfonamides is 1. The van der Waals surface area contributed by atoms with E-state index in [1.165, 1.54) is 18.2 Å². The molecule has 10 heteroatoms. The van der Waals surface area contributed by atoms with Crippen LogP contribution >= 0.6 is 46.6 Å². The fourth-order valence-electron chi connectivity index (χ4n) is 3.25. The number of nitrogens with one attached hydrogen (secondary N) is 2. The molecule has 3 rings (SSSR count). The standard InChI is InChI=1S/C24H23Cl3N2O3S2/c1-15-9-16(2)11-20(10-15)29-34(31,32)23-12-17(4-6-21(23)26)24(30)28-7-8-33-14-18-3-5-19(25)13-22(18)27/h3-6,9-13,29H,7-8,14H2,1-2H3,(H,28,30). The van der Waals surface area contributed by atoms with Crippen molar-refractivity contribution < 1.29 is 13.2 Å². The van der Waals surface area contributed by atoms with E-state index in [4.69, 9.17) is 34.8 Å². The summed E-state index contributed by atoms with van der Waals surface area (Å²) < 4.78 is 28.4. The zero-order chi connectivity index (χ0) is 24.9. The normalized spacial score (nSPS) is 11.3. The Morgan fingerprint density at radius 1 is 0.912 bits per heavy atom. The molecule has 5 nitrogen and oxygen atoms in total. The number of rotatable bonds is 9. The van der Waals surface area contributed by atoms with Crippen LogP contribution < -0.4 is 10.0 Å². The van der Waals surface area contributed by atoms with E-state index in [1.807, 2.05) is 26.0 Å². The molecule has 0 aliphatic carbocycles. The van der Waals surface area contributed by atoms with Gasteiger partial charge in [-0.1, -0.05) is 46.9 Å². The first-order valence-electron chi connectivity index (χ1n) is 10.3. The van der Waals surface area contributed by atoms with Gasteiger partial charge in [-0.15, -0.1) is 0 Å². The van der Waals surface area contributed by atoms with Crippen LogP contribution in [0.3, 0.4) is 0 Å². The van der Waals surface area contributed by atoms with Crippen LogP contribution in [0.15, 0.2) is 59.5 Å². The number of carbonyl (C=O) groups is 1. The molecule has 0 atom stereocenters. The zero-order valence-corrected chi connectivity index (χ0v) is 22.4. The van der Waals surface area contributed by atoms with Gasteiger partial charge in [0.05, 0.1) is 5.02 Å². The van der Waals surface area contributed by atoms with E-state index >= 15 is 0 Å². The molecule has 34 heavy (non-hydrogen) atoms. The Bertz CT molecular complexity index is 1290. The predicted octanol–water partition coefficient (Wildman–Crippen LogP) is 6.73. The third kappa shape index (κ3) is 7.30. The summed E-state index contributed by atoms with van der Waals surface area (Å²) in [5.41, 5.74) is 3.45. The fraction of sp³-hybridized carbons (Fsp3) is 0.208. The fourth-order valence-corrected chi connectivity index (χ4v) is 6.24. The summed E-state index contributed by atoms with van der Waals surface area (Å²) in [4.78, 5) is 12.4. The second-order valence-electron chi connectivity index (χ2n) is 7.67. The van der Waals surface area contributed by atoms with Crippen molar-refractivity contribution in [1.29, 1.82) is 0 Å². The number of halogens is 3. The van der Waals surface area contributed by atoms with E-state index in [1.54, 1.807) is 36.0 Å². The molecule has 1 amide bonds. The second kappa shape index (κ2) is 11.7. The Hall–Kier alpha value is -1.90. The van der Waals surface area contributed by atoms with Crippen molar-refractivity contribution in [2.24, 2.45) is 0 Å². The molecule has 0 radical (unpaired) electrons. The third-order valence-corrected chi connectivity index (χ3v) is 8.22. The van der Waals surface area contributed by atoms with Crippen LogP contribution in [-0.2, 0) is 15.8 Å². The van der Waals surface area contributed by atoms with E-state index < -0.39 is 10.0 Å². The number of carbonyl (C=O) groups excluding carboxylic acids is 1. The molecule has 0 fully saturated rings. The minimum Gasteiger partial charge on any atom is -0.351 e. The first kappa shape index (κ1) is 26.7. The summed E-state index contributed by atoms with van der Waals surface area (Å²) in [6.45, 7) is 4.16. The van der Waals surface area contributed by atoms with Crippen molar-refractivity contribution in [3.05, 3.63) is 91.9 Å². The summed E-state index contributed by atoms with van der Waals surface area (Å²) in [6, 6.07) is 14.9. The highest BCUT2D eigenvalue weighted by molar-refractivity contribution is 7.98. The molecule has 0 saturated heterocycles. The Morgan fingerprint density at radius 3 is 2.29 bits per heavy atom. The number of benzene rings is 3. The average Bonchev–Trinajstić information content (AvgIpc) is 2.73. The number of aryl methyl sites for hydroxylation is 2. The maximum absolute atomic E-state index is 13.0. The quantitative estimate of drug-likeness (QED) is 0.286. The molecule has 0 unspecified atom stereocenters. The van der Waals surface area contributed by atoms with Crippen molar-refractivity contribution in [3.63, 3.8) is 0 Å². The lowest BCUT2D eigenvalue weighted by molar-refractivity contribution is 0.0956. The van der Waals surface area contributed by atoms with Gasteiger partial charge >= 0.3 is 0 Å². The Balaban J connectivity index is 1.61. The predicted molar refractivity (Wildman–Crippen MR) is 143 cm³/mol. The van der Waals surface area contributed by atoms with Crippen LogP contribution in [0.4, 0.5) is 5.69 Å². The molecular weight excluding hydrogens is 535 g/mol. The summed E-state index contributed by atoms with van der Waals surface area (Å²) in [7, 11) is -3.99. The van der Waals surface area contributed by atoms with Gasteiger partial charge in [0.2, 0.25) is 0 Å². The molecule has 0 aromatic heterocycles. The molecule has 0 bridgehead atoms. The Labute approximate surface area is 219 Å². The van der Waals surface area contributed by atoms with Crippen molar-refractivity contribution in [1.82, 2.24) is 5.32 Å². The molecule has 0 aliphatic heterocycles. The minimum atomic E-state index is -3.99. The van der Waals surface area contributed by atoms with Crippen LogP contribution in [0.5, 0.6) is 0 Å². The molecular formula is C24H23Cl3N2O3S2. The van der Waals surface area contributed by atoms with Crippen LogP contribution in [-0.4, -0.2) is 26.6 Å². The van der Waals surface area contributed by atoms with Gasteiger partial charge in [0.15, 0.2) is 0 Å². The molecule has 3 aromatic carbocycles. The topological polar surface area (TPSA) is 75.3 Å². The van der Waals surface area contributed by atoms with Crippen LogP contribution in [0.25, 0.3) is 0 Å². The molecule has 0 aliphatic rings. The zero-order valence-electron chi connectivity index (χ0n) is 18.5. The van der Waals surface area contributed by atoms with Crippen molar-refractivity contribution in [3.8, 4) is 0 Å². The van der Waals surface area contributed by atoms with Crippen molar-refractivity contribution in [2.75, 3.05) is 17.0 Å². The maximum Gasteiger partial charge on any atom is 0.263 e. The van der Waals surface area contributed by atoms with Gasteiger partial charge in [-0.05, 0) is 73.0 Å². The first-order chi connectivity index (χ1) is 16.0. The maximum atomic E-state index is 13.0. The van der Waals surface area contributed by atoms with Gasteiger partial charge in [-0.2, -0.15) is 11.8 Å². The molecule has 2 N–H and O–H groups in total. The number of hydrogen-bond acceptors (Lipinski definition) is 4. The first-order valence-corrected chi connectivity index (χ1v) is 14.0. The van der Waals surface area contributed by atoms with Crippen molar-refractivity contribution in [2.45, 2.75) is 24.5 Å². The summed E-state index contributed by atoms with van der Waals surface area (Å²) >= 11 is 19.9. The molecule has 0 heterocycles. The number of amides is 1. The van der Waals surface area contributed by atoms with Crippen LogP contribution in [0, 0.1) is 13.8 Å². The van der Waals surface area contributed by atoms with Gasteiger partial charge < -0.3 is 5.32 Å². The van der Waals surface area contributed by atoms with E-state index in [9.17, 15) is 13.2 Å². The SMILES string of the molecule is Cc1cc(C)cc(NS(=O)(=O)c2cc(C(=O)NCCSCc3ccc(Cl)cc3Cl)ccc2Cl)c1. The lowest BCUT2D eigenvalue weighted by atomic mass is 10.1. The average molecular weight is 558 g/mol. The number of anilines is 1. The van der Waals surface area contributed by atoms with Gasteiger partial charge in [-0.3, -0.25) is 9.52 Å². The van der Waals surface area contributed by atoms with Gasteiger partial charge in [0.25, 0.3) is 15.9 Å². The smallest absolute Gasteiger partial charge is 0.263 e. The van der Waals surface area contributed by atoms with Crippen LogP contribution in [0.2, 0.25) is 15.1 Å². The van der Waals surface area contributed by atoms with Crippen LogP contribution in [0.1, 0.15) is 27.0 Å². The third-order valence-electron chi connectivity index (χ3n) is 4.76. The van der Waals surface area contributed by atoms with E-state index in [-0.39, 0.29) is 21.4 Å². The summed E-state index contributed by atoms with van der Waals surface area (Å²) in [6.07, 6.45) is 0.